The number of carbonyl (C=O) groups is 5. The van der Waals surface area contributed by atoms with Crippen molar-refractivity contribution in [3.8, 4) is 0 Å². The Morgan fingerprint density at radius 2 is 1.16 bits per heavy atom. The number of alkyl halides is 6. The van der Waals surface area contributed by atoms with Gasteiger partial charge in [-0.25, -0.2) is 9.59 Å². The normalized spacial score (nSPS) is 27.0. The van der Waals surface area contributed by atoms with Crippen LogP contribution in [0.15, 0.2) is 30.3 Å². The SMILES string of the molecule is CC(=O)OCC1O[C@@H](OCC2O[C@@H](OCc3ccccc3)[C@H](NC(=O)OCC(Cl)(Cl)Cl)C(O[Si](C)(C)C(C)(C)C)[C@H]2O)[C@H](NC(=O)OCC(Cl)(Cl)Cl)C(OC(C)=O)[C@H]1OC(C)=O. The molecule has 2 fully saturated rings. The molecule has 2 aliphatic heterocycles. The smallest absolute Gasteiger partial charge is 0.407 e. The zero-order valence-corrected chi connectivity index (χ0v) is 40.6. The fourth-order valence-electron chi connectivity index (χ4n) is 5.80. The third-order valence-corrected chi connectivity index (χ3v) is 14.7. The molecule has 4 unspecified atom stereocenters. The molecule has 0 bridgehead atoms. The summed E-state index contributed by atoms with van der Waals surface area (Å²) in [5.74, 6) is -2.48. The van der Waals surface area contributed by atoms with Crippen LogP contribution >= 0.6 is 69.6 Å². The number of hydrogen-bond acceptors (Lipinski definition) is 16. The van der Waals surface area contributed by atoms with E-state index in [1.165, 1.54) is 0 Å². The number of rotatable bonds is 16. The molecule has 0 radical (unpaired) electrons. The number of aliphatic hydroxyl groups excluding tert-OH is 1. The van der Waals surface area contributed by atoms with Gasteiger partial charge in [0.15, 0.2) is 33.1 Å². The van der Waals surface area contributed by atoms with Crippen molar-refractivity contribution in [2.75, 3.05) is 26.4 Å². The maximum atomic E-state index is 13.2. The number of aliphatic hydroxyl groups is 1. The molecular formula is C37H52Cl6N2O16Si. The number of carbonyl (C=O) groups excluding carboxylic acids is 5. The highest BCUT2D eigenvalue weighted by Gasteiger charge is 2.55. The van der Waals surface area contributed by atoms with Crippen molar-refractivity contribution in [3.63, 3.8) is 0 Å². The van der Waals surface area contributed by atoms with Crippen molar-refractivity contribution in [3.05, 3.63) is 35.9 Å². The van der Waals surface area contributed by atoms with Gasteiger partial charge in [-0.3, -0.25) is 14.4 Å². The number of benzene rings is 1. The zero-order chi connectivity index (χ0) is 46.8. The van der Waals surface area contributed by atoms with E-state index in [1.54, 1.807) is 24.3 Å². The van der Waals surface area contributed by atoms with Crippen LogP contribution in [0.4, 0.5) is 9.59 Å². The van der Waals surface area contributed by atoms with Gasteiger partial charge in [0.1, 0.15) is 50.2 Å². The molecule has 0 aliphatic carbocycles. The summed E-state index contributed by atoms with van der Waals surface area (Å²) >= 11 is 34.8. The Bertz CT molecular complexity index is 1670. The molecular weight excluding hydrogens is 969 g/mol. The minimum atomic E-state index is -2.81. The van der Waals surface area contributed by atoms with E-state index in [4.69, 9.17) is 117 Å². The van der Waals surface area contributed by atoms with Crippen LogP contribution in [0.5, 0.6) is 0 Å². The molecule has 1 aromatic rings. The molecule has 18 nitrogen and oxygen atoms in total. The van der Waals surface area contributed by atoms with Crippen LogP contribution in [-0.4, -0.2) is 139 Å². The van der Waals surface area contributed by atoms with Gasteiger partial charge in [-0.2, -0.15) is 0 Å². The summed E-state index contributed by atoms with van der Waals surface area (Å²) in [7, 11) is -2.81. The summed E-state index contributed by atoms with van der Waals surface area (Å²) in [5, 5.41) is 16.8. The minimum absolute atomic E-state index is 0.0448. The van der Waals surface area contributed by atoms with Crippen LogP contribution in [0.1, 0.15) is 47.1 Å². The van der Waals surface area contributed by atoms with Gasteiger partial charge < -0.3 is 62.8 Å². The van der Waals surface area contributed by atoms with Crippen molar-refractivity contribution in [1.29, 1.82) is 0 Å². The van der Waals surface area contributed by atoms with Gasteiger partial charge in [-0.1, -0.05) is 121 Å². The summed E-state index contributed by atoms with van der Waals surface area (Å²) in [5.41, 5.74) is 0.721. The predicted molar refractivity (Wildman–Crippen MR) is 227 cm³/mol. The maximum Gasteiger partial charge on any atom is 0.407 e. The quantitative estimate of drug-likeness (QED) is 0.0773. The van der Waals surface area contributed by atoms with E-state index in [0.29, 0.717) is 0 Å². The summed E-state index contributed by atoms with van der Waals surface area (Å²) < 4.78 is 54.2. The Morgan fingerprint density at radius 3 is 1.65 bits per heavy atom. The second-order valence-electron chi connectivity index (χ2n) is 15.7. The van der Waals surface area contributed by atoms with Crippen molar-refractivity contribution in [1.82, 2.24) is 10.6 Å². The highest BCUT2D eigenvalue weighted by Crippen LogP contribution is 2.40. The summed E-state index contributed by atoms with van der Waals surface area (Å²) in [6.07, 6.45) is -14.0. The average molecular weight is 1020 g/mol. The Morgan fingerprint density at radius 1 is 0.677 bits per heavy atom. The predicted octanol–water partition coefficient (Wildman–Crippen LogP) is 5.78. The number of alkyl carbamates (subject to hydrolysis) is 2. The lowest BCUT2D eigenvalue weighted by atomic mass is 9.95. The van der Waals surface area contributed by atoms with Crippen LogP contribution in [0.2, 0.25) is 18.1 Å². The van der Waals surface area contributed by atoms with Crippen LogP contribution in [0, 0.1) is 0 Å². The van der Waals surface area contributed by atoms with Crippen molar-refractivity contribution in [2.45, 2.75) is 135 Å². The molecule has 2 aliphatic rings. The number of halogens is 6. The molecule has 352 valence electrons. The first-order valence-corrected chi connectivity index (χ1v) is 24.2. The second-order valence-corrected chi connectivity index (χ2v) is 25.5. The highest BCUT2D eigenvalue weighted by atomic mass is 35.6. The number of amides is 2. The van der Waals surface area contributed by atoms with Gasteiger partial charge in [0.2, 0.25) is 7.59 Å². The number of esters is 3. The number of nitrogens with one attached hydrogen (secondary N) is 2. The van der Waals surface area contributed by atoms with Crippen LogP contribution in [-0.2, 0) is 68.0 Å². The van der Waals surface area contributed by atoms with Crippen molar-refractivity contribution in [2.24, 2.45) is 0 Å². The largest absolute Gasteiger partial charge is 0.463 e. The van der Waals surface area contributed by atoms with Gasteiger partial charge in [0.25, 0.3) is 0 Å². The lowest BCUT2D eigenvalue weighted by Crippen LogP contribution is -2.69. The first kappa shape index (κ1) is 54.2. The molecule has 2 saturated heterocycles. The fraction of sp³-hybridized carbons (Fsp3) is 0.703. The van der Waals surface area contributed by atoms with Gasteiger partial charge in [-0.15, -0.1) is 0 Å². The van der Waals surface area contributed by atoms with E-state index in [1.807, 2.05) is 39.9 Å². The van der Waals surface area contributed by atoms with E-state index in [9.17, 15) is 29.1 Å². The van der Waals surface area contributed by atoms with Crippen LogP contribution in [0.25, 0.3) is 0 Å². The molecule has 0 aromatic heterocycles. The summed E-state index contributed by atoms with van der Waals surface area (Å²) in [4.78, 5) is 63.1. The van der Waals surface area contributed by atoms with E-state index in [0.717, 1.165) is 26.3 Å². The summed E-state index contributed by atoms with van der Waals surface area (Å²) in [6, 6.07) is 6.17. The Balaban J connectivity index is 2.09. The van der Waals surface area contributed by atoms with E-state index < -0.39 is 139 Å². The molecule has 10 atom stereocenters. The van der Waals surface area contributed by atoms with E-state index in [-0.39, 0.29) is 6.61 Å². The van der Waals surface area contributed by atoms with Gasteiger partial charge in [0.05, 0.1) is 19.3 Å². The monoisotopic (exact) mass is 1020 g/mol. The summed E-state index contributed by atoms with van der Waals surface area (Å²) in [6.45, 7) is 10.5. The maximum absolute atomic E-state index is 13.2. The molecule has 3 rings (SSSR count). The third kappa shape index (κ3) is 17.7. The molecule has 3 N–H and O–H groups in total. The zero-order valence-electron chi connectivity index (χ0n) is 35.0. The van der Waals surface area contributed by atoms with Crippen LogP contribution < -0.4 is 10.6 Å². The minimum Gasteiger partial charge on any atom is -0.463 e. The third-order valence-electron chi connectivity index (χ3n) is 9.60. The lowest BCUT2D eigenvalue weighted by Gasteiger charge is -2.49. The topological polar surface area (TPSA) is 222 Å². The molecule has 0 spiro atoms. The Hall–Kier alpha value is -2.11. The first-order chi connectivity index (χ1) is 28.6. The second kappa shape index (κ2) is 23.4. The number of hydrogen-bond donors (Lipinski definition) is 3. The highest BCUT2D eigenvalue weighted by molar-refractivity contribution is 6.74. The molecule has 62 heavy (non-hydrogen) atoms. The van der Waals surface area contributed by atoms with E-state index >= 15 is 0 Å². The van der Waals surface area contributed by atoms with E-state index in [2.05, 4.69) is 10.6 Å². The van der Waals surface area contributed by atoms with Crippen molar-refractivity contribution < 1.29 is 76.1 Å². The average Bonchev–Trinajstić information content (AvgIpc) is 3.14. The Labute approximate surface area is 390 Å². The van der Waals surface area contributed by atoms with Gasteiger partial charge in [-0.05, 0) is 23.7 Å². The lowest BCUT2D eigenvalue weighted by molar-refractivity contribution is -0.305. The first-order valence-electron chi connectivity index (χ1n) is 19.0. The standard InChI is InChI=1S/C37H52Cl6N2O16Si/c1-19(46)52-16-24-28(57-20(2)47)30(58-21(3)48)26(45-34(51)56-18-37(41,42)43)32(60-24)54-15-23-27(49)29(61-62(7,8)35(4,5)6)25(44-33(50)55-17-36(38,39)40)31(59-23)53-14-22-12-10-9-11-13-22/h9-13,23-32,49H,14-18H2,1-8H3,(H,44,50)(H,45,51)/t23?,24?,25-,26-,27+,28+,29?,30?,31-,32-/m1/s1. The molecule has 1 aromatic carbocycles. The Kier molecular flexibility index (Phi) is 20.4. The molecule has 2 amide bonds. The van der Waals surface area contributed by atoms with Crippen molar-refractivity contribution >= 4 is 108 Å². The van der Waals surface area contributed by atoms with Gasteiger partial charge >= 0.3 is 30.1 Å². The number of ether oxygens (including phenoxy) is 9. The fourth-order valence-corrected chi connectivity index (χ4v) is 7.45. The molecule has 0 saturated carbocycles. The van der Waals surface area contributed by atoms with Gasteiger partial charge in [0, 0.05) is 20.8 Å². The van der Waals surface area contributed by atoms with Crippen LogP contribution in [0.3, 0.4) is 0 Å². The molecule has 25 heteroatoms. The molecule has 2 heterocycles.